The van der Waals surface area contributed by atoms with Crippen LogP contribution in [0, 0.1) is 5.82 Å². The molecule has 1 amide bonds. The maximum Gasteiger partial charge on any atom is 0.255 e. The molecule has 4 nitrogen and oxygen atoms in total. The van der Waals surface area contributed by atoms with Gasteiger partial charge in [0.15, 0.2) is 0 Å². The summed E-state index contributed by atoms with van der Waals surface area (Å²) in [7, 11) is 2.06. The van der Waals surface area contributed by atoms with Crippen molar-refractivity contribution in [2.75, 3.05) is 43.4 Å². The third-order valence-corrected chi connectivity index (χ3v) is 5.09. The van der Waals surface area contributed by atoms with Crippen molar-refractivity contribution >= 4 is 28.1 Å². The van der Waals surface area contributed by atoms with E-state index >= 15 is 0 Å². The van der Waals surface area contributed by atoms with Crippen molar-refractivity contribution in [3.63, 3.8) is 0 Å². The number of nitrogens with one attached hydrogen (secondary N) is 1. The quantitative estimate of drug-likeness (QED) is 0.764. The molecule has 1 N–H and O–H groups in total. The number of benzene rings is 3. The van der Waals surface area contributed by atoms with Crippen molar-refractivity contribution in [3.8, 4) is 0 Å². The van der Waals surface area contributed by atoms with Crippen LogP contribution in [0.3, 0.4) is 0 Å². The molecule has 0 aromatic heterocycles. The first-order valence-corrected chi connectivity index (χ1v) is 9.14. The molecule has 0 spiro atoms. The molecular weight excluding hydrogens is 341 g/mol. The molecule has 138 valence electrons. The molecule has 0 bridgehead atoms. The van der Waals surface area contributed by atoms with Gasteiger partial charge in [-0.05, 0) is 36.7 Å². The lowest BCUT2D eigenvalue weighted by atomic mass is 10.1. The van der Waals surface area contributed by atoms with Gasteiger partial charge in [0.2, 0.25) is 0 Å². The number of halogens is 1. The van der Waals surface area contributed by atoms with Gasteiger partial charge in [-0.2, -0.15) is 0 Å². The molecule has 1 aliphatic rings. The van der Waals surface area contributed by atoms with Crippen molar-refractivity contribution in [1.29, 1.82) is 0 Å². The number of carbonyl (C=O) groups is 1. The Morgan fingerprint density at radius 2 is 1.70 bits per heavy atom. The Balaban J connectivity index is 1.54. The van der Waals surface area contributed by atoms with Crippen LogP contribution in [0.2, 0.25) is 0 Å². The van der Waals surface area contributed by atoms with Gasteiger partial charge in [0.1, 0.15) is 5.82 Å². The zero-order valence-corrected chi connectivity index (χ0v) is 15.3. The van der Waals surface area contributed by atoms with E-state index in [0.29, 0.717) is 11.3 Å². The summed E-state index contributed by atoms with van der Waals surface area (Å²) in [5.41, 5.74) is 1.60. The van der Waals surface area contributed by atoms with E-state index in [1.165, 1.54) is 6.07 Å². The molecule has 4 rings (SSSR count). The molecule has 3 aromatic carbocycles. The lowest BCUT2D eigenvalue weighted by Gasteiger charge is -2.34. The maximum absolute atomic E-state index is 14.6. The van der Waals surface area contributed by atoms with E-state index < -0.39 is 0 Å². The number of anilines is 2. The molecular formula is C22H22FN3O. The van der Waals surface area contributed by atoms with Crippen LogP contribution >= 0.6 is 0 Å². The van der Waals surface area contributed by atoms with Crippen LogP contribution < -0.4 is 10.2 Å². The van der Waals surface area contributed by atoms with E-state index in [4.69, 9.17) is 0 Å². The first kappa shape index (κ1) is 17.5. The van der Waals surface area contributed by atoms with Gasteiger partial charge >= 0.3 is 0 Å². The van der Waals surface area contributed by atoms with Crippen molar-refractivity contribution in [1.82, 2.24) is 4.90 Å². The minimum Gasteiger partial charge on any atom is -0.367 e. The average molecular weight is 363 g/mol. The number of amides is 1. The van der Waals surface area contributed by atoms with Crippen LogP contribution in [0.1, 0.15) is 10.4 Å². The Kier molecular flexibility index (Phi) is 4.77. The Morgan fingerprint density at radius 3 is 2.48 bits per heavy atom. The van der Waals surface area contributed by atoms with Gasteiger partial charge in [0, 0.05) is 42.8 Å². The van der Waals surface area contributed by atoms with Gasteiger partial charge in [-0.25, -0.2) is 4.39 Å². The number of nitrogens with zero attached hydrogens (tertiary/aromatic N) is 2. The maximum atomic E-state index is 14.6. The smallest absolute Gasteiger partial charge is 0.255 e. The third-order valence-electron chi connectivity index (χ3n) is 5.09. The summed E-state index contributed by atoms with van der Waals surface area (Å²) in [6.45, 7) is 3.38. The van der Waals surface area contributed by atoms with Crippen LogP contribution in [-0.2, 0) is 0 Å². The Bertz CT molecular complexity index is 975. The molecule has 1 fully saturated rings. The number of piperazine rings is 1. The predicted molar refractivity (Wildman–Crippen MR) is 108 cm³/mol. The lowest BCUT2D eigenvalue weighted by molar-refractivity contribution is 0.102. The van der Waals surface area contributed by atoms with E-state index in [9.17, 15) is 9.18 Å². The Hall–Kier alpha value is -2.92. The number of fused-ring (bicyclic) bond motifs is 1. The highest BCUT2D eigenvalue weighted by Crippen LogP contribution is 2.25. The number of hydrogen-bond donors (Lipinski definition) is 1. The first-order chi connectivity index (χ1) is 13.1. The van der Waals surface area contributed by atoms with Crippen LogP contribution in [0.5, 0.6) is 0 Å². The number of carbonyl (C=O) groups excluding carboxylic acids is 1. The molecule has 27 heavy (non-hydrogen) atoms. The van der Waals surface area contributed by atoms with E-state index in [1.54, 1.807) is 12.1 Å². The third kappa shape index (κ3) is 3.64. The van der Waals surface area contributed by atoms with Crippen molar-refractivity contribution in [2.45, 2.75) is 0 Å². The molecule has 0 unspecified atom stereocenters. The highest BCUT2D eigenvalue weighted by molar-refractivity contribution is 6.09. The van der Waals surface area contributed by atoms with Crippen molar-refractivity contribution in [2.24, 2.45) is 0 Å². The summed E-state index contributed by atoms with van der Waals surface area (Å²) in [6.07, 6.45) is 0. The summed E-state index contributed by atoms with van der Waals surface area (Å²) >= 11 is 0. The first-order valence-electron chi connectivity index (χ1n) is 9.14. The number of hydrogen-bond acceptors (Lipinski definition) is 3. The second-order valence-electron chi connectivity index (χ2n) is 6.94. The van der Waals surface area contributed by atoms with Gasteiger partial charge in [-0.3, -0.25) is 4.79 Å². The molecule has 1 saturated heterocycles. The summed E-state index contributed by atoms with van der Waals surface area (Å²) in [5, 5.41) is 4.92. The minimum atomic E-state index is -0.356. The second kappa shape index (κ2) is 7.37. The number of likely N-dealkylation sites (N-methyl/N-ethyl adjacent to an activating group) is 1. The van der Waals surface area contributed by atoms with Crippen LogP contribution in [0.25, 0.3) is 10.8 Å². The van der Waals surface area contributed by atoms with Gasteiger partial charge in [0.05, 0.1) is 5.69 Å². The zero-order valence-electron chi connectivity index (χ0n) is 15.3. The summed E-state index contributed by atoms with van der Waals surface area (Å²) in [5.74, 6) is -0.666. The molecule has 0 saturated carbocycles. The predicted octanol–water partition coefficient (Wildman–Crippen LogP) is 3.98. The highest BCUT2D eigenvalue weighted by Gasteiger charge is 2.19. The fourth-order valence-corrected chi connectivity index (χ4v) is 3.48. The molecule has 1 heterocycles. The Morgan fingerprint density at radius 1 is 0.963 bits per heavy atom. The molecule has 3 aromatic rings. The van der Waals surface area contributed by atoms with Crippen LogP contribution in [0.15, 0.2) is 60.7 Å². The van der Waals surface area contributed by atoms with Gasteiger partial charge in [0.25, 0.3) is 5.91 Å². The molecule has 0 aliphatic carbocycles. The summed E-state index contributed by atoms with van der Waals surface area (Å²) in [6, 6.07) is 18.3. The second-order valence-corrected chi connectivity index (χ2v) is 6.94. The lowest BCUT2D eigenvalue weighted by Crippen LogP contribution is -2.44. The fourth-order valence-electron chi connectivity index (χ4n) is 3.48. The van der Waals surface area contributed by atoms with E-state index in [0.717, 1.165) is 42.6 Å². The normalized spacial score (nSPS) is 15.1. The van der Waals surface area contributed by atoms with E-state index in [1.807, 2.05) is 47.4 Å². The zero-order chi connectivity index (χ0) is 18.8. The average Bonchev–Trinajstić information content (AvgIpc) is 2.69. The highest BCUT2D eigenvalue weighted by atomic mass is 19.1. The van der Waals surface area contributed by atoms with E-state index in [2.05, 4.69) is 17.3 Å². The number of rotatable bonds is 3. The van der Waals surface area contributed by atoms with Crippen molar-refractivity contribution in [3.05, 3.63) is 72.0 Å². The van der Waals surface area contributed by atoms with Gasteiger partial charge in [-0.1, -0.05) is 36.4 Å². The fraction of sp³-hybridized carbons (Fsp3) is 0.227. The summed E-state index contributed by atoms with van der Waals surface area (Å²) in [4.78, 5) is 16.9. The topological polar surface area (TPSA) is 35.6 Å². The van der Waals surface area contributed by atoms with Gasteiger partial charge < -0.3 is 15.1 Å². The van der Waals surface area contributed by atoms with Crippen LogP contribution in [-0.4, -0.2) is 44.0 Å². The largest absolute Gasteiger partial charge is 0.367 e. The molecule has 0 atom stereocenters. The van der Waals surface area contributed by atoms with Crippen molar-refractivity contribution < 1.29 is 9.18 Å². The van der Waals surface area contributed by atoms with Gasteiger partial charge in [-0.15, -0.1) is 0 Å². The standard InChI is InChI=1S/C22H22FN3O/c1-25-11-13-26(14-12-25)21-10-9-17(15-19(21)23)22(27)24-20-8-4-6-16-5-2-3-7-18(16)20/h2-10,15H,11-14H2,1H3,(H,24,27). The SMILES string of the molecule is CN1CCN(c2ccc(C(=O)Nc3cccc4ccccc34)cc2F)CC1. The van der Waals surface area contributed by atoms with Crippen LogP contribution in [0.4, 0.5) is 15.8 Å². The summed E-state index contributed by atoms with van der Waals surface area (Å²) < 4.78 is 14.6. The Labute approximate surface area is 158 Å². The molecule has 1 aliphatic heterocycles. The molecule has 0 radical (unpaired) electrons. The minimum absolute atomic E-state index is 0.310. The molecule has 5 heteroatoms. The monoisotopic (exact) mass is 363 g/mol. The van der Waals surface area contributed by atoms with E-state index in [-0.39, 0.29) is 11.7 Å².